The second kappa shape index (κ2) is 10.6. The summed E-state index contributed by atoms with van der Waals surface area (Å²) in [5.74, 6) is 2.03. The van der Waals surface area contributed by atoms with Gasteiger partial charge in [0.25, 0.3) is 5.91 Å². The molecule has 3 N–H and O–H groups in total. The van der Waals surface area contributed by atoms with Gasteiger partial charge in [0.2, 0.25) is 0 Å². The van der Waals surface area contributed by atoms with Crippen LogP contribution >= 0.6 is 0 Å². The lowest BCUT2D eigenvalue weighted by molar-refractivity contribution is -0.709. The number of quaternary nitrogens is 1. The van der Waals surface area contributed by atoms with Gasteiger partial charge in [-0.15, -0.1) is 0 Å². The number of amides is 1. The zero-order chi connectivity index (χ0) is 20.5. The highest BCUT2D eigenvalue weighted by molar-refractivity contribution is 5.94. The van der Waals surface area contributed by atoms with Crippen LogP contribution < -0.4 is 24.8 Å². The van der Waals surface area contributed by atoms with Crippen molar-refractivity contribution in [2.75, 3.05) is 25.6 Å². The Morgan fingerprint density at radius 3 is 2.36 bits per heavy atom. The first-order valence-electron chi connectivity index (χ1n) is 9.68. The maximum atomic E-state index is 12.6. The van der Waals surface area contributed by atoms with Crippen molar-refractivity contribution in [3.63, 3.8) is 0 Å². The Kier molecular flexibility index (Phi) is 8.14. The molecule has 0 bridgehead atoms. The Morgan fingerprint density at radius 1 is 1.00 bits per heavy atom. The van der Waals surface area contributed by atoms with Gasteiger partial charge in [-0.1, -0.05) is 12.1 Å². The van der Waals surface area contributed by atoms with Gasteiger partial charge in [-0.05, 0) is 58.0 Å². The van der Waals surface area contributed by atoms with Gasteiger partial charge in [0.1, 0.15) is 11.8 Å². The van der Waals surface area contributed by atoms with Gasteiger partial charge in [-0.2, -0.15) is 0 Å². The van der Waals surface area contributed by atoms with Gasteiger partial charge in [0, 0.05) is 5.56 Å². The summed E-state index contributed by atoms with van der Waals surface area (Å²) in [6.07, 6.45) is 0. The molecule has 0 fully saturated rings. The average Bonchev–Trinajstić information content (AvgIpc) is 2.69. The molecule has 1 amide bonds. The molecule has 0 aromatic heterocycles. The molecule has 6 nitrogen and oxygen atoms in total. The fourth-order valence-corrected chi connectivity index (χ4v) is 2.98. The van der Waals surface area contributed by atoms with E-state index < -0.39 is 0 Å². The molecule has 28 heavy (non-hydrogen) atoms. The summed E-state index contributed by atoms with van der Waals surface area (Å²) in [6.45, 7) is 9.00. The number of nitrogens with two attached hydrogens (primary N) is 1. The maximum Gasteiger partial charge on any atom is 0.282 e. The average molecular weight is 388 g/mol. The molecule has 0 aliphatic carbocycles. The summed E-state index contributed by atoms with van der Waals surface area (Å²) in [5, 5.41) is 4.96. The van der Waals surface area contributed by atoms with Crippen LogP contribution in [0.3, 0.4) is 0 Å². The minimum atomic E-state index is -0.276. The van der Waals surface area contributed by atoms with Crippen LogP contribution in [0.25, 0.3) is 0 Å². The number of ether oxygens (including phenoxy) is 3. The van der Waals surface area contributed by atoms with Crippen molar-refractivity contribution in [2.45, 2.75) is 39.8 Å². The van der Waals surface area contributed by atoms with Gasteiger partial charge in [-0.25, -0.2) is 0 Å². The lowest BCUT2D eigenvalue weighted by atomic mass is 10.1. The molecular weight excluding hydrogens is 356 g/mol. The topological polar surface area (TPSA) is 73.4 Å². The van der Waals surface area contributed by atoms with Gasteiger partial charge < -0.3 is 24.8 Å². The van der Waals surface area contributed by atoms with Crippen LogP contribution in [0.1, 0.15) is 39.3 Å². The SMILES string of the molecule is CCOc1ccc([C@H](C)[NH2+][C@H](C)C(=O)Nc2ccccc2OC)cc1OCC. The van der Waals surface area contributed by atoms with Crippen molar-refractivity contribution in [1.29, 1.82) is 0 Å². The van der Waals surface area contributed by atoms with E-state index in [1.54, 1.807) is 7.11 Å². The largest absolute Gasteiger partial charge is 0.495 e. The molecule has 152 valence electrons. The third kappa shape index (κ3) is 5.63. The van der Waals surface area contributed by atoms with Crippen LogP contribution in [0.2, 0.25) is 0 Å². The first-order chi connectivity index (χ1) is 13.5. The zero-order valence-electron chi connectivity index (χ0n) is 17.3. The molecule has 0 aliphatic rings. The van der Waals surface area contributed by atoms with Crippen molar-refractivity contribution in [2.24, 2.45) is 0 Å². The lowest BCUT2D eigenvalue weighted by Gasteiger charge is -2.19. The van der Waals surface area contributed by atoms with E-state index in [9.17, 15) is 4.79 Å². The molecule has 0 saturated carbocycles. The van der Waals surface area contributed by atoms with Crippen LogP contribution in [0.4, 0.5) is 5.69 Å². The number of rotatable bonds is 10. The summed E-state index contributed by atoms with van der Waals surface area (Å²) in [5.41, 5.74) is 1.74. The van der Waals surface area contributed by atoms with E-state index in [0.717, 1.165) is 17.1 Å². The predicted molar refractivity (Wildman–Crippen MR) is 110 cm³/mol. The Labute approximate surface area is 167 Å². The Balaban J connectivity index is 2.05. The first-order valence-corrected chi connectivity index (χ1v) is 9.68. The number of nitrogens with one attached hydrogen (secondary N) is 1. The third-order valence-corrected chi connectivity index (χ3v) is 4.45. The van der Waals surface area contributed by atoms with Crippen molar-refractivity contribution >= 4 is 11.6 Å². The molecule has 0 aliphatic heterocycles. The lowest BCUT2D eigenvalue weighted by Crippen LogP contribution is -2.91. The van der Waals surface area contributed by atoms with E-state index in [2.05, 4.69) is 12.2 Å². The van der Waals surface area contributed by atoms with Gasteiger partial charge >= 0.3 is 0 Å². The van der Waals surface area contributed by atoms with Crippen molar-refractivity contribution in [1.82, 2.24) is 0 Å². The van der Waals surface area contributed by atoms with Crippen LogP contribution in [0.5, 0.6) is 17.2 Å². The van der Waals surface area contributed by atoms with Crippen molar-refractivity contribution in [3.05, 3.63) is 48.0 Å². The number of benzene rings is 2. The molecule has 0 radical (unpaired) electrons. The fourth-order valence-electron chi connectivity index (χ4n) is 2.98. The maximum absolute atomic E-state index is 12.6. The van der Waals surface area contributed by atoms with Crippen LogP contribution in [0, 0.1) is 0 Å². The highest BCUT2D eigenvalue weighted by Gasteiger charge is 2.22. The molecule has 0 saturated heterocycles. The smallest absolute Gasteiger partial charge is 0.282 e. The van der Waals surface area contributed by atoms with Gasteiger partial charge in [-0.3, -0.25) is 4.79 Å². The molecular formula is C22H31N2O4+. The Hall–Kier alpha value is -2.73. The summed E-state index contributed by atoms with van der Waals surface area (Å²) in [6, 6.07) is 13.1. The molecule has 2 aromatic carbocycles. The Bertz CT molecular complexity index is 779. The molecule has 0 unspecified atom stereocenters. The third-order valence-electron chi connectivity index (χ3n) is 4.45. The normalized spacial score (nSPS) is 12.8. The molecule has 2 aromatic rings. The van der Waals surface area contributed by atoms with E-state index in [-0.39, 0.29) is 18.0 Å². The summed E-state index contributed by atoms with van der Waals surface area (Å²) in [7, 11) is 1.59. The highest BCUT2D eigenvalue weighted by atomic mass is 16.5. The fraction of sp³-hybridized carbons (Fsp3) is 0.409. The second-order valence-electron chi connectivity index (χ2n) is 6.53. The molecule has 0 spiro atoms. The Morgan fingerprint density at radius 2 is 1.68 bits per heavy atom. The van der Waals surface area contributed by atoms with Crippen LogP contribution in [0.15, 0.2) is 42.5 Å². The van der Waals surface area contributed by atoms with E-state index in [1.165, 1.54) is 0 Å². The standard InChI is InChI=1S/C22H30N2O4/c1-6-27-20-13-12-17(14-21(20)28-7-2)15(3)23-16(4)22(25)24-18-10-8-9-11-19(18)26-5/h8-16,23H,6-7H2,1-5H3,(H,24,25)/p+1/t15-,16+/m0/s1. The van der Waals surface area contributed by atoms with Crippen molar-refractivity contribution < 1.29 is 24.3 Å². The molecule has 2 atom stereocenters. The molecule has 0 heterocycles. The van der Waals surface area contributed by atoms with E-state index in [4.69, 9.17) is 14.2 Å². The quantitative estimate of drug-likeness (QED) is 0.657. The van der Waals surface area contributed by atoms with E-state index in [0.29, 0.717) is 24.7 Å². The number of carbonyl (C=O) groups excluding carboxylic acids is 1. The van der Waals surface area contributed by atoms with Crippen LogP contribution in [-0.4, -0.2) is 32.3 Å². The molecule has 2 rings (SSSR count). The summed E-state index contributed by atoms with van der Waals surface area (Å²) < 4.78 is 16.6. The molecule has 6 heteroatoms. The predicted octanol–water partition coefficient (Wildman–Crippen LogP) is 3.14. The number of hydrogen-bond donors (Lipinski definition) is 2. The minimum absolute atomic E-state index is 0.0766. The summed E-state index contributed by atoms with van der Waals surface area (Å²) >= 11 is 0. The number of anilines is 1. The monoisotopic (exact) mass is 387 g/mol. The number of hydrogen-bond acceptors (Lipinski definition) is 4. The second-order valence-corrected chi connectivity index (χ2v) is 6.53. The number of methoxy groups -OCH3 is 1. The van der Waals surface area contributed by atoms with Gasteiger partial charge in [0.15, 0.2) is 17.5 Å². The first kappa shape index (κ1) is 21.6. The zero-order valence-corrected chi connectivity index (χ0v) is 17.3. The number of para-hydroxylation sites is 2. The highest BCUT2D eigenvalue weighted by Crippen LogP contribution is 2.30. The summed E-state index contributed by atoms with van der Waals surface area (Å²) in [4.78, 5) is 12.6. The van der Waals surface area contributed by atoms with E-state index in [1.807, 2.05) is 68.6 Å². The van der Waals surface area contributed by atoms with Crippen molar-refractivity contribution in [3.8, 4) is 17.2 Å². The number of carbonyl (C=O) groups is 1. The van der Waals surface area contributed by atoms with Gasteiger partial charge in [0.05, 0.1) is 26.0 Å². The minimum Gasteiger partial charge on any atom is -0.495 e. The van der Waals surface area contributed by atoms with Crippen LogP contribution in [-0.2, 0) is 4.79 Å². The van der Waals surface area contributed by atoms with E-state index >= 15 is 0 Å².